The Balaban J connectivity index is 1.93. The molecule has 0 fully saturated rings. The van der Waals surface area contributed by atoms with E-state index in [1.165, 1.54) is 5.56 Å². The number of hydrogen-bond donors (Lipinski definition) is 3. The normalized spacial score (nSPS) is 10.2. The molecule has 2 aromatic rings. The molecule has 0 aliphatic carbocycles. The molecule has 4 nitrogen and oxygen atoms in total. The summed E-state index contributed by atoms with van der Waals surface area (Å²) in [5, 5.41) is 14.7. The molecule has 0 spiro atoms. The van der Waals surface area contributed by atoms with E-state index in [0.717, 1.165) is 16.8 Å². The van der Waals surface area contributed by atoms with Crippen molar-refractivity contribution in [2.24, 2.45) is 0 Å². The molecule has 0 atom stereocenters. The lowest BCUT2D eigenvalue weighted by Gasteiger charge is -2.11. The van der Waals surface area contributed by atoms with Crippen LogP contribution >= 0.6 is 0 Å². The number of carbonyl (C=O) groups excluding carboxylic acids is 1. The predicted molar refractivity (Wildman–Crippen MR) is 84.3 cm³/mol. The number of nitrogens with one attached hydrogen (secondary N) is 2. The molecule has 21 heavy (non-hydrogen) atoms. The molecule has 110 valence electrons. The Morgan fingerprint density at radius 1 is 1.14 bits per heavy atom. The lowest BCUT2D eigenvalue weighted by molar-refractivity contribution is 0.251. The van der Waals surface area contributed by atoms with Crippen LogP contribution in [0.3, 0.4) is 0 Å². The highest BCUT2D eigenvalue weighted by atomic mass is 16.3. The summed E-state index contributed by atoms with van der Waals surface area (Å²) in [6.45, 7) is 2.56. The summed E-state index contributed by atoms with van der Waals surface area (Å²) >= 11 is 0. The Hall–Kier alpha value is -2.33. The van der Waals surface area contributed by atoms with Crippen molar-refractivity contribution in [2.45, 2.75) is 19.9 Å². The Morgan fingerprint density at radius 3 is 2.71 bits per heavy atom. The highest BCUT2D eigenvalue weighted by molar-refractivity contribution is 5.90. The molecule has 0 unspecified atom stereocenters. The minimum Gasteiger partial charge on any atom is -0.396 e. The molecule has 2 amide bonds. The number of rotatable bonds is 5. The zero-order valence-corrected chi connectivity index (χ0v) is 12.1. The average Bonchev–Trinajstić information content (AvgIpc) is 2.48. The van der Waals surface area contributed by atoms with E-state index >= 15 is 0 Å². The van der Waals surface area contributed by atoms with Crippen molar-refractivity contribution >= 4 is 11.7 Å². The number of aryl methyl sites for hydroxylation is 1. The fraction of sp³-hybridized carbons (Fsp3) is 0.235. The smallest absolute Gasteiger partial charge is 0.319 e. The molecule has 0 aromatic heterocycles. The number of anilines is 1. The van der Waals surface area contributed by atoms with Gasteiger partial charge in [0, 0.05) is 18.8 Å². The summed E-state index contributed by atoms with van der Waals surface area (Å²) in [7, 11) is 0. The lowest BCUT2D eigenvalue weighted by atomic mass is 10.1. The molecule has 0 saturated carbocycles. The number of aliphatic hydroxyl groups excluding tert-OH is 1. The van der Waals surface area contributed by atoms with Gasteiger partial charge in [0.15, 0.2) is 0 Å². The topological polar surface area (TPSA) is 61.4 Å². The first-order valence-corrected chi connectivity index (χ1v) is 6.98. The van der Waals surface area contributed by atoms with Gasteiger partial charge in [0.05, 0.1) is 0 Å². The fourth-order valence-corrected chi connectivity index (χ4v) is 2.15. The monoisotopic (exact) mass is 284 g/mol. The molecule has 0 aliphatic rings. The van der Waals surface area contributed by atoms with Gasteiger partial charge in [-0.25, -0.2) is 4.79 Å². The minimum absolute atomic E-state index is 0.0591. The van der Waals surface area contributed by atoms with Gasteiger partial charge >= 0.3 is 6.03 Å². The summed E-state index contributed by atoms with van der Waals surface area (Å²) in [5.74, 6) is 0. The Kier molecular flexibility index (Phi) is 5.35. The highest BCUT2D eigenvalue weighted by Crippen LogP contribution is 2.15. The third-order valence-corrected chi connectivity index (χ3v) is 3.18. The maximum absolute atomic E-state index is 11.9. The second-order valence-corrected chi connectivity index (χ2v) is 4.93. The van der Waals surface area contributed by atoms with E-state index in [4.69, 9.17) is 5.11 Å². The summed E-state index contributed by atoms with van der Waals surface area (Å²) < 4.78 is 0. The third-order valence-electron chi connectivity index (χ3n) is 3.18. The largest absolute Gasteiger partial charge is 0.396 e. The van der Waals surface area contributed by atoms with Gasteiger partial charge in [-0.3, -0.25) is 0 Å². The fourth-order valence-electron chi connectivity index (χ4n) is 2.15. The zero-order chi connectivity index (χ0) is 15.1. The maximum Gasteiger partial charge on any atom is 0.319 e. The maximum atomic E-state index is 11.9. The van der Waals surface area contributed by atoms with Crippen molar-refractivity contribution in [3.05, 3.63) is 65.2 Å². The second kappa shape index (κ2) is 7.45. The summed E-state index contributed by atoms with van der Waals surface area (Å²) in [6.07, 6.45) is 0.522. The number of hydrogen-bond acceptors (Lipinski definition) is 2. The van der Waals surface area contributed by atoms with Gasteiger partial charge in [-0.1, -0.05) is 48.0 Å². The van der Waals surface area contributed by atoms with E-state index in [0.29, 0.717) is 13.0 Å². The van der Waals surface area contributed by atoms with Crippen LogP contribution in [0, 0.1) is 6.92 Å². The molecule has 0 aliphatic heterocycles. The van der Waals surface area contributed by atoms with Crippen LogP contribution in [0.15, 0.2) is 48.5 Å². The number of aliphatic hydroxyl groups is 1. The Labute approximate surface area is 124 Å². The van der Waals surface area contributed by atoms with Crippen LogP contribution in [0.4, 0.5) is 10.5 Å². The van der Waals surface area contributed by atoms with E-state index in [2.05, 4.69) is 10.6 Å². The van der Waals surface area contributed by atoms with Gasteiger partial charge < -0.3 is 15.7 Å². The number of para-hydroxylation sites is 1. The molecule has 2 rings (SSSR count). The standard InChI is InChI=1S/C17H20N2O2/c1-13-5-4-6-14(11-13)12-18-17(21)19-16-8-3-2-7-15(16)9-10-20/h2-8,11,20H,9-10,12H2,1H3,(H2,18,19,21). The minimum atomic E-state index is -0.248. The van der Waals surface area contributed by atoms with Crippen LogP contribution < -0.4 is 10.6 Å². The first-order valence-electron chi connectivity index (χ1n) is 6.98. The molecular formula is C17H20N2O2. The molecule has 4 heteroatoms. The Bertz CT molecular complexity index is 611. The van der Waals surface area contributed by atoms with Gasteiger partial charge in [0.25, 0.3) is 0 Å². The summed E-state index contributed by atoms with van der Waals surface area (Å²) in [4.78, 5) is 11.9. The zero-order valence-electron chi connectivity index (χ0n) is 12.1. The second-order valence-electron chi connectivity index (χ2n) is 4.93. The SMILES string of the molecule is Cc1cccc(CNC(=O)Nc2ccccc2CCO)c1. The van der Waals surface area contributed by atoms with Gasteiger partial charge in [-0.15, -0.1) is 0 Å². The number of amides is 2. The van der Waals surface area contributed by atoms with E-state index in [1.807, 2.05) is 55.5 Å². The summed E-state index contributed by atoms with van der Waals surface area (Å²) in [5.41, 5.74) is 3.88. The molecule has 0 bridgehead atoms. The molecule has 2 aromatic carbocycles. The number of urea groups is 1. The van der Waals surface area contributed by atoms with Crippen molar-refractivity contribution in [3.63, 3.8) is 0 Å². The van der Waals surface area contributed by atoms with Crippen LogP contribution in [0.1, 0.15) is 16.7 Å². The van der Waals surface area contributed by atoms with Crippen molar-refractivity contribution in [1.82, 2.24) is 5.32 Å². The van der Waals surface area contributed by atoms with Gasteiger partial charge in [-0.2, -0.15) is 0 Å². The third kappa shape index (κ3) is 4.61. The quantitative estimate of drug-likeness (QED) is 0.790. The van der Waals surface area contributed by atoms with Crippen LogP contribution in [-0.2, 0) is 13.0 Å². The molecular weight excluding hydrogens is 264 g/mol. The Morgan fingerprint density at radius 2 is 1.95 bits per heavy atom. The number of carbonyl (C=O) groups is 1. The van der Waals surface area contributed by atoms with Crippen LogP contribution in [-0.4, -0.2) is 17.7 Å². The first-order chi connectivity index (χ1) is 10.2. The first kappa shape index (κ1) is 15.1. The molecule has 0 radical (unpaired) electrons. The van der Waals surface area contributed by atoms with Crippen LogP contribution in [0.5, 0.6) is 0 Å². The van der Waals surface area contributed by atoms with Gasteiger partial charge in [0.1, 0.15) is 0 Å². The van der Waals surface area contributed by atoms with E-state index < -0.39 is 0 Å². The van der Waals surface area contributed by atoms with E-state index in [-0.39, 0.29) is 12.6 Å². The molecule has 3 N–H and O–H groups in total. The predicted octanol–water partition coefficient (Wildman–Crippen LogP) is 2.85. The van der Waals surface area contributed by atoms with Crippen molar-refractivity contribution in [2.75, 3.05) is 11.9 Å². The van der Waals surface area contributed by atoms with E-state index in [9.17, 15) is 4.79 Å². The van der Waals surface area contributed by atoms with Gasteiger partial charge in [0.2, 0.25) is 0 Å². The van der Waals surface area contributed by atoms with Crippen LogP contribution in [0.2, 0.25) is 0 Å². The number of benzene rings is 2. The van der Waals surface area contributed by atoms with Gasteiger partial charge in [-0.05, 0) is 30.5 Å². The van der Waals surface area contributed by atoms with E-state index in [1.54, 1.807) is 0 Å². The molecule has 0 saturated heterocycles. The van der Waals surface area contributed by atoms with Crippen molar-refractivity contribution in [1.29, 1.82) is 0 Å². The van der Waals surface area contributed by atoms with Crippen molar-refractivity contribution in [3.8, 4) is 0 Å². The highest BCUT2D eigenvalue weighted by Gasteiger charge is 2.05. The lowest BCUT2D eigenvalue weighted by Crippen LogP contribution is -2.28. The summed E-state index contributed by atoms with van der Waals surface area (Å²) in [6, 6.07) is 15.2. The van der Waals surface area contributed by atoms with Crippen LogP contribution in [0.25, 0.3) is 0 Å². The molecule has 0 heterocycles. The van der Waals surface area contributed by atoms with Crippen molar-refractivity contribution < 1.29 is 9.90 Å². The average molecular weight is 284 g/mol.